The van der Waals surface area contributed by atoms with Gasteiger partial charge in [-0.25, -0.2) is 4.90 Å². The molecule has 2 aromatic carbocycles. The lowest BCUT2D eigenvalue weighted by Gasteiger charge is -2.28. The van der Waals surface area contributed by atoms with Crippen molar-refractivity contribution in [3.8, 4) is 6.07 Å². The van der Waals surface area contributed by atoms with Crippen molar-refractivity contribution in [1.82, 2.24) is 4.90 Å². The lowest BCUT2D eigenvalue weighted by atomic mass is 10.1. The van der Waals surface area contributed by atoms with Gasteiger partial charge in [-0.3, -0.25) is 14.4 Å². The van der Waals surface area contributed by atoms with Gasteiger partial charge in [-0.2, -0.15) is 5.26 Å². The van der Waals surface area contributed by atoms with Gasteiger partial charge in [0.1, 0.15) is 6.04 Å². The number of hydrogen-bond acceptors (Lipinski definition) is 4. The van der Waals surface area contributed by atoms with Gasteiger partial charge >= 0.3 is 0 Å². The zero-order valence-corrected chi connectivity index (χ0v) is 15.5. The zero-order chi connectivity index (χ0) is 19.8. The monoisotopic (exact) mass is 373 g/mol. The van der Waals surface area contributed by atoms with Crippen LogP contribution in [-0.2, 0) is 9.59 Å². The topological polar surface area (TPSA) is 81.5 Å². The van der Waals surface area contributed by atoms with Gasteiger partial charge in [0.2, 0.25) is 5.91 Å². The largest absolute Gasteiger partial charge is 0.323 e. The van der Waals surface area contributed by atoms with Crippen molar-refractivity contribution in [3.05, 3.63) is 65.2 Å². The van der Waals surface area contributed by atoms with Gasteiger partial charge in [0, 0.05) is 11.6 Å². The molecule has 4 rings (SSSR count). The van der Waals surface area contributed by atoms with Gasteiger partial charge in [0.05, 0.1) is 23.7 Å². The molecule has 0 spiro atoms. The highest BCUT2D eigenvalue weighted by molar-refractivity contribution is 6.23. The van der Waals surface area contributed by atoms with Crippen molar-refractivity contribution in [2.75, 3.05) is 4.90 Å². The summed E-state index contributed by atoms with van der Waals surface area (Å²) in [4.78, 5) is 41.6. The highest BCUT2D eigenvalue weighted by Crippen LogP contribution is 2.35. The molecule has 2 fully saturated rings. The van der Waals surface area contributed by atoms with E-state index in [4.69, 9.17) is 5.26 Å². The number of carbonyl (C=O) groups excluding carboxylic acids is 3. The number of benzene rings is 2. The van der Waals surface area contributed by atoms with Gasteiger partial charge in [-0.1, -0.05) is 17.7 Å². The number of nitrogens with zero attached hydrogens (tertiary/aromatic N) is 3. The van der Waals surface area contributed by atoms with Crippen molar-refractivity contribution in [1.29, 1.82) is 5.26 Å². The van der Waals surface area contributed by atoms with E-state index in [9.17, 15) is 14.4 Å². The first-order valence-corrected chi connectivity index (χ1v) is 9.26. The minimum absolute atomic E-state index is 0.00400. The minimum atomic E-state index is -0.788. The van der Waals surface area contributed by atoms with Crippen LogP contribution in [0.1, 0.15) is 40.7 Å². The maximum atomic E-state index is 13.2. The summed E-state index contributed by atoms with van der Waals surface area (Å²) in [5, 5.41) is 8.93. The molecule has 1 aliphatic heterocycles. The van der Waals surface area contributed by atoms with Gasteiger partial charge in [0.15, 0.2) is 0 Å². The Morgan fingerprint density at radius 2 is 1.86 bits per heavy atom. The van der Waals surface area contributed by atoms with Crippen molar-refractivity contribution in [2.24, 2.45) is 0 Å². The highest BCUT2D eigenvalue weighted by Gasteiger charge is 2.48. The fourth-order valence-corrected chi connectivity index (χ4v) is 3.63. The number of carbonyl (C=O) groups is 3. The summed E-state index contributed by atoms with van der Waals surface area (Å²) in [6, 6.07) is 14.8. The molecule has 1 atom stereocenters. The molecule has 0 aromatic heterocycles. The molecular formula is C22H19N3O3. The summed E-state index contributed by atoms with van der Waals surface area (Å²) in [6.45, 7) is 1.91. The lowest BCUT2D eigenvalue weighted by Crippen LogP contribution is -2.46. The van der Waals surface area contributed by atoms with E-state index < -0.39 is 6.04 Å². The van der Waals surface area contributed by atoms with E-state index in [0.717, 1.165) is 23.3 Å². The SMILES string of the molecule is Cc1cccc(C(=O)N(C2CC2)C2CC(=O)N(c3ccc(C#N)cc3)C2=O)c1. The van der Waals surface area contributed by atoms with E-state index >= 15 is 0 Å². The molecule has 1 saturated heterocycles. The van der Waals surface area contributed by atoms with Crippen molar-refractivity contribution in [3.63, 3.8) is 0 Å². The fraction of sp³-hybridized carbons (Fsp3) is 0.273. The molecule has 1 heterocycles. The van der Waals surface area contributed by atoms with Crippen molar-refractivity contribution in [2.45, 2.75) is 38.3 Å². The number of anilines is 1. The number of amides is 3. The third-order valence-corrected chi connectivity index (χ3v) is 5.15. The lowest BCUT2D eigenvalue weighted by molar-refractivity contribution is -0.122. The average molecular weight is 373 g/mol. The maximum Gasteiger partial charge on any atom is 0.257 e. The molecule has 6 nitrogen and oxygen atoms in total. The second kappa shape index (κ2) is 6.93. The van der Waals surface area contributed by atoms with E-state index in [1.165, 1.54) is 0 Å². The minimum Gasteiger partial charge on any atom is -0.323 e. The van der Waals surface area contributed by atoms with Gasteiger partial charge in [-0.15, -0.1) is 0 Å². The predicted octanol–water partition coefficient (Wildman–Crippen LogP) is 2.80. The number of aryl methyl sites for hydroxylation is 1. The van der Waals surface area contributed by atoms with Crippen molar-refractivity contribution < 1.29 is 14.4 Å². The predicted molar refractivity (Wildman–Crippen MR) is 102 cm³/mol. The second-order valence-corrected chi connectivity index (χ2v) is 7.26. The van der Waals surface area contributed by atoms with Crippen LogP contribution in [0, 0.1) is 18.3 Å². The maximum absolute atomic E-state index is 13.2. The Labute approximate surface area is 163 Å². The molecule has 0 bridgehead atoms. The smallest absolute Gasteiger partial charge is 0.257 e. The van der Waals surface area contributed by atoms with E-state index in [2.05, 4.69) is 0 Å². The molecule has 1 saturated carbocycles. The molecule has 2 aliphatic rings. The Hall–Kier alpha value is -3.46. The summed E-state index contributed by atoms with van der Waals surface area (Å²) in [7, 11) is 0. The molecule has 3 amide bonds. The summed E-state index contributed by atoms with van der Waals surface area (Å²) < 4.78 is 0. The zero-order valence-electron chi connectivity index (χ0n) is 15.5. The van der Waals surface area contributed by atoms with Gasteiger partial charge in [0.25, 0.3) is 11.8 Å². The van der Waals surface area contributed by atoms with Crippen LogP contribution in [0.5, 0.6) is 0 Å². The Morgan fingerprint density at radius 3 is 2.46 bits per heavy atom. The summed E-state index contributed by atoms with van der Waals surface area (Å²) >= 11 is 0. The molecule has 6 heteroatoms. The Kier molecular flexibility index (Phi) is 4.44. The first-order valence-electron chi connectivity index (χ1n) is 9.26. The summed E-state index contributed by atoms with van der Waals surface area (Å²) in [5.41, 5.74) is 2.38. The molecule has 1 unspecified atom stereocenters. The Bertz CT molecular complexity index is 1000. The molecule has 0 radical (unpaired) electrons. The number of imide groups is 1. The van der Waals surface area contributed by atoms with Crippen LogP contribution < -0.4 is 4.90 Å². The first-order chi connectivity index (χ1) is 13.5. The molecular weight excluding hydrogens is 354 g/mol. The summed E-state index contributed by atoms with van der Waals surface area (Å²) in [6.07, 6.45) is 1.66. The summed E-state index contributed by atoms with van der Waals surface area (Å²) in [5.74, 6) is -0.927. The Morgan fingerprint density at radius 1 is 1.14 bits per heavy atom. The average Bonchev–Trinajstić information content (AvgIpc) is 3.48. The number of hydrogen-bond donors (Lipinski definition) is 0. The van der Waals surface area contributed by atoms with Crippen LogP contribution >= 0.6 is 0 Å². The fourth-order valence-electron chi connectivity index (χ4n) is 3.63. The third-order valence-electron chi connectivity index (χ3n) is 5.15. The third kappa shape index (κ3) is 3.16. The quantitative estimate of drug-likeness (QED) is 0.772. The van der Waals surface area contributed by atoms with Crippen LogP contribution in [-0.4, -0.2) is 34.7 Å². The first kappa shape index (κ1) is 17.9. The van der Waals surface area contributed by atoms with E-state index in [1.54, 1.807) is 41.3 Å². The van der Waals surface area contributed by atoms with Crippen LogP contribution in [0.25, 0.3) is 0 Å². The molecule has 2 aromatic rings. The van der Waals surface area contributed by atoms with Crippen molar-refractivity contribution >= 4 is 23.4 Å². The molecule has 0 N–H and O–H groups in total. The van der Waals surface area contributed by atoms with E-state index in [1.807, 2.05) is 25.1 Å². The van der Waals surface area contributed by atoms with Gasteiger partial charge < -0.3 is 4.90 Å². The molecule has 1 aliphatic carbocycles. The van der Waals surface area contributed by atoms with E-state index in [-0.39, 0.29) is 30.2 Å². The standard InChI is InChI=1S/C22H19N3O3/c1-14-3-2-4-16(11-14)21(27)24(17-9-10-17)19-12-20(26)25(22(19)28)18-7-5-15(13-23)6-8-18/h2-8,11,17,19H,9-10,12H2,1H3. The van der Waals surface area contributed by atoms with Crippen LogP contribution in [0.2, 0.25) is 0 Å². The highest BCUT2D eigenvalue weighted by atomic mass is 16.2. The second-order valence-electron chi connectivity index (χ2n) is 7.26. The van der Waals surface area contributed by atoms with Crippen LogP contribution in [0.15, 0.2) is 48.5 Å². The van der Waals surface area contributed by atoms with Crippen LogP contribution in [0.3, 0.4) is 0 Å². The number of rotatable bonds is 4. The molecule has 140 valence electrons. The van der Waals surface area contributed by atoms with Gasteiger partial charge in [-0.05, 0) is 56.2 Å². The number of nitriles is 1. The van der Waals surface area contributed by atoms with Crippen LogP contribution in [0.4, 0.5) is 5.69 Å². The normalized spacial score (nSPS) is 18.9. The Balaban J connectivity index is 1.63. The molecule has 28 heavy (non-hydrogen) atoms. The van der Waals surface area contributed by atoms with E-state index in [0.29, 0.717) is 16.8 Å².